The van der Waals surface area contributed by atoms with Crippen molar-refractivity contribution in [3.8, 4) is 0 Å². The molecular weight excluding hydrogens is 200 g/mol. The molecule has 0 atom stereocenters. The predicted octanol–water partition coefficient (Wildman–Crippen LogP) is 0.614. The Morgan fingerprint density at radius 3 is 2.86 bits per heavy atom. The highest BCUT2D eigenvalue weighted by atomic mass is 32.1. The first-order valence-corrected chi connectivity index (χ1v) is 5.19. The van der Waals surface area contributed by atoms with Crippen LogP contribution in [0.25, 0.3) is 0 Å². The van der Waals surface area contributed by atoms with E-state index in [0.29, 0.717) is 18.5 Å². The molecule has 5 heteroatoms. The van der Waals surface area contributed by atoms with E-state index in [-0.39, 0.29) is 11.8 Å². The maximum Gasteiger partial charge on any atom is 0.252 e. The molecule has 76 valence electrons. The number of hydrogen-bond donors (Lipinski definition) is 2. The average Bonchev–Trinajstić information content (AvgIpc) is 2.70. The number of amides is 2. The Hall–Kier alpha value is -1.36. The van der Waals surface area contributed by atoms with E-state index < -0.39 is 0 Å². The summed E-state index contributed by atoms with van der Waals surface area (Å²) in [4.78, 5) is 22.2. The molecule has 4 nitrogen and oxygen atoms in total. The smallest absolute Gasteiger partial charge is 0.252 e. The summed E-state index contributed by atoms with van der Waals surface area (Å²) in [6.07, 6.45) is 0.312. The van der Waals surface area contributed by atoms with Crippen molar-refractivity contribution in [2.45, 2.75) is 6.42 Å². The topological polar surface area (TPSA) is 58.2 Å². The normalized spacial score (nSPS) is 9.50. The molecule has 0 aliphatic rings. The van der Waals surface area contributed by atoms with Gasteiger partial charge in [0.2, 0.25) is 5.91 Å². The molecule has 1 rings (SSSR count). The van der Waals surface area contributed by atoms with Gasteiger partial charge in [-0.3, -0.25) is 9.59 Å². The summed E-state index contributed by atoms with van der Waals surface area (Å²) in [6.45, 7) is 0.369. The highest BCUT2D eigenvalue weighted by Gasteiger charge is 2.05. The van der Waals surface area contributed by atoms with Crippen molar-refractivity contribution in [1.82, 2.24) is 10.6 Å². The van der Waals surface area contributed by atoms with Crippen LogP contribution in [0, 0.1) is 0 Å². The maximum absolute atomic E-state index is 11.3. The lowest BCUT2D eigenvalue weighted by Crippen LogP contribution is -2.28. The van der Waals surface area contributed by atoms with Gasteiger partial charge in [0, 0.05) is 31.0 Å². The molecule has 0 saturated heterocycles. The highest BCUT2D eigenvalue weighted by Crippen LogP contribution is 2.04. The summed E-state index contributed by atoms with van der Waals surface area (Å²) >= 11 is 1.47. The zero-order chi connectivity index (χ0) is 10.4. The van der Waals surface area contributed by atoms with Crippen LogP contribution in [-0.4, -0.2) is 25.4 Å². The summed E-state index contributed by atoms with van der Waals surface area (Å²) in [5, 5.41) is 8.76. The van der Waals surface area contributed by atoms with Crippen LogP contribution < -0.4 is 10.6 Å². The fourth-order valence-electron chi connectivity index (χ4n) is 0.910. The number of rotatable bonds is 4. The lowest BCUT2D eigenvalue weighted by Gasteiger charge is -2.02. The first-order chi connectivity index (χ1) is 6.74. The quantitative estimate of drug-likeness (QED) is 0.768. The molecule has 0 fully saturated rings. The minimum Gasteiger partial charge on any atom is -0.359 e. The lowest BCUT2D eigenvalue weighted by atomic mass is 10.3. The van der Waals surface area contributed by atoms with Gasteiger partial charge in [-0.05, 0) is 11.4 Å². The van der Waals surface area contributed by atoms with E-state index in [9.17, 15) is 9.59 Å². The molecule has 1 aromatic heterocycles. The van der Waals surface area contributed by atoms with E-state index in [1.54, 1.807) is 18.5 Å². The monoisotopic (exact) mass is 212 g/mol. The van der Waals surface area contributed by atoms with Crippen LogP contribution in [0.4, 0.5) is 0 Å². The first-order valence-electron chi connectivity index (χ1n) is 4.25. The zero-order valence-corrected chi connectivity index (χ0v) is 8.69. The van der Waals surface area contributed by atoms with E-state index in [2.05, 4.69) is 10.6 Å². The largest absolute Gasteiger partial charge is 0.359 e. The van der Waals surface area contributed by atoms with Gasteiger partial charge < -0.3 is 10.6 Å². The number of carbonyl (C=O) groups excluding carboxylic acids is 2. The summed E-state index contributed by atoms with van der Waals surface area (Å²) in [5.74, 6) is -0.203. The van der Waals surface area contributed by atoms with Crippen LogP contribution in [0.15, 0.2) is 16.8 Å². The van der Waals surface area contributed by atoms with E-state index in [0.717, 1.165) is 0 Å². The molecule has 2 N–H and O–H groups in total. The molecule has 0 spiro atoms. The zero-order valence-electron chi connectivity index (χ0n) is 7.87. The highest BCUT2D eigenvalue weighted by molar-refractivity contribution is 7.08. The summed E-state index contributed by atoms with van der Waals surface area (Å²) in [6, 6.07) is 1.75. The third-order valence-corrected chi connectivity index (χ3v) is 2.38. The van der Waals surface area contributed by atoms with Crippen molar-refractivity contribution in [2.75, 3.05) is 13.6 Å². The summed E-state index contributed by atoms with van der Waals surface area (Å²) < 4.78 is 0. The molecule has 0 bridgehead atoms. The van der Waals surface area contributed by atoms with Crippen molar-refractivity contribution in [1.29, 1.82) is 0 Å². The Kier molecular flexibility index (Phi) is 4.12. The van der Waals surface area contributed by atoms with Gasteiger partial charge in [-0.1, -0.05) is 0 Å². The second kappa shape index (κ2) is 5.39. The molecule has 0 radical (unpaired) electrons. The number of thiophene rings is 1. The minimum atomic E-state index is -0.129. The van der Waals surface area contributed by atoms with Crippen molar-refractivity contribution in [3.63, 3.8) is 0 Å². The Morgan fingerprint density at radius 1 is 1.50 bits per heavy atom. The third-order valence-electron chi connectivity index (χ3n) is 1.70. The molecular formula is C9H12N2O2S. The van der Waals surface area contributed by atoms with Crippen molar-refractivity contribution >= 4 is 23.2 Å². The second-order valence-electron chi connectivity index (χ2n) is 2.69. The number of nitrogens with one attached hydrogen (secondary N) is 2. The van der Waals surface area contributed by atoms with E-state index >= 15 is 0 Å². The Morgan fingerprint density at radius 2 is 2.29 bits per heavy atom. The molecule has 0 aromatic carbocycles. The van der Waals surface area contributed by atoms with E-state index in [1.807, 2.05) is 5.38 Å². The van der Waals surface area contributed by atoms with Gasteiger partial charge >= 0.3 is 0 Å². The van der Waals surface area contributed by atoms with Crippen molar-refractivity contribution < 1.29 is 9.59 Å². The molecule has 2 amide bonds. The number of carbonyl (C=O) groups is 2. The van der Waals surface area contributed by atoms with Gasteiger partial charge in [0.25, 0.3) is 5.91 Å². The number of hydrogen-bond acceptors (Lipinski definition) is 3. The fraction of sp³-hybridized carbons (Fsp3) is 0.333. The van der Waals surface area contributed by atoms with Crippen LogP contribution in [0.5, 0.6) is 0 Å². The van der Waals surface area contributed by atoms with Crippen LogP contribution in [0.1, 0.15) is 16.8 Å². The van der Waals surface area contributed by atoms with E-state index in [4.69, 9.17) is 0 Å². The van der Waals surface area contributed by atoms with Gasteiger partial charge in [0.15, 0.2) is 0 Å². The van der Waals surface area contributed by atoms with E-state index in [1.165, 1.54) is 11.3 Å². The summed E-state index contributed by atoms with van der Waals surface area (Å²) in [7, 11) is 1.57. The average molecular weight is 212 g/mol. The van der Waals surface area contributed by atoms with Crippen LogP contribution in [0.2, 0.25) is 0 Å². The van der Waals surface area contributed by atoms with Crippen molar-refractivity contribution in [3.05, 3.63) is 22.4 Å². The SMILES string of the molecule is CNC(=O)CCNC(=O)c1ccsc1. The second-order valence-corrected chi connectivity index (χ2v) is 3.47. The molecule has 0 aliphatic carbocycles. The van der Waals surface area contributed by atoms with Gasteiger partial charge in [-0.15, -0.1) is 0 Å². The van der Waals surface area contributed by atoms with Crippen molar-refractivity contribution in [2.24, 2.45) is 0 Å². The van der Waals surface area contributed by atoms with Gasteiger partial charge in [-0.25, -0.2) is 0 Å². The predicted molar refractivity (Wildman–Crippen MR) is 55.3 cm³/mol. The van der Waals surface area contributed by atoms with Gasteiger partial charge in [0.05, 0.1) is 0 Å². The molecule has 0 saturated carbocycles. The molecule has 1 aromatic rings. The fourth-order valence-corrected chi connectivity index (χ4v) is 1.55. The maximum atomic E-state index is 11.3. The Bertz CT molecular complexity index is 309. The van der Waals surface area contributed by atoms with Crippen LogP contribution in [-0.2, 0) is 4.79 Å². The summed E-state index contributed by atoms with van der Waals surface area (Å²) in [5.41, 5.74) is 0.645. The molecule has 0 unspecified atom stereocenters. The lowest BCUT2D eigenvalue weighted by molar-refractivity contribution is -0.120. The Labute approximate surface area is 86.3 Å². The van der Waals surface area contributed by atoms with Crippen LogP contribution in [0.3, 0.4) is 0 Å². The minimum absolute atomic E-state index is 0.0735. The van der Waals surface area contributed by atoms with Gasteiger partial charge in [0.1, 0.15) is 0 Å². The standard InChI is InChI=1S/C9H12N2O2S/c1-10-8(12)2-4-11-9(13)7-3-5-14-6-7/h3,5-6H,2,4H2,1H3,(H,10,12)(H,11,13). The third kappa shape index (κ3) is 3.18. The van der Waals surface area contributed by atoms with Crippen LogP contribution >= 0.6 is 11.3 Å². The molecule has 14 heavy (non-hydrogen) atoms. The molecule has 1 heterocycles. The Balaban J connectivity index is 2.26. The first kappa shape index (κ1) is 10.7. The van der Waals surface area contributed by atoms with Gasteiger partial charge in [-0.2, -0.15) is 11.3 Å². The molecule has 0 aliphatic heterocycles.